The van der Waals surface area contributed by atoms with Gasteiger partial charge in [0.15, 0.2) is 4.60 Å². The maximum atomic E-state index is 12.1. The van der Waals surface area contributed by atoms with Crippen molar-refractivity contribution >= 4 is 21.6 Å². The number of nitro groups is 1. The normalized spacial score (nSPS) is 10.6. The van der Waals surface area contributed by atoms with Gasteiger partial charge in [-0.05, 0) is 15.9 Å². The minimum Gasteiger partial charge on any atom is -0.506 e. The Balaban J connectivity index is 3.31. The first-order valence-electron chi connectivity index (χ1n) is 3.25. The first kappa shape index (κ1) is 10.8. The van der Waals surface area contributed by atoms with E-state index in [-0.39, 0.29) is 4.60 Å². The molecule has 0 saturated heterocycles. The van der Waals surface area contributed by atoms with Crippen LogP contribution in [0.15, 0.2) is 10.7 Å². The number of rotatable bonds is 2. The van der Waals surface area contributed by atoms with Crippen LogP contribution in [-0.2, 0) is 0 Å². The molecule has 0 spiro atoms. The van der Waals surface area contributed by atoms with Gasteiger partial charge in [0.25, 0.3) is 6.43 Å². The van der Waals surface area contributed by atoms with Crippen LogP contribution in [0.25, 0.3) is 0 Å². The molecule has 0 fully saturated rings. The molecule has 8 heteroatoms. The highest BCUT2D eigenvalue weighted by atomic mass is 79.9. The van der Waals surface area contributed by atoms with E-state index in [1.54, 1.807) is 0 Å². The van der Waals surface area contributed by atoms with Crippen LogP contribution in [0.1, 0.15) is 12.1 Å². The number of hydrogen-bond donors (Lipinski definition) is 1. The smallest absolute Gasteiger partial charge is 0.305 e. The molecule has 1 aromatic heterocycles. The third-order valence-electron chi connectivity index (χ3n) is 1.37. The fourth-order valence-electron chi connectivity index (χ4n) is 0.772. The van der Waals surface area contributed by atoms with Crippen LogP contribution in [0.4, 0.5) is 14.5 Å². The Bertz CT molecular complexity index is 386. The first-order chi connectivity index (χ1) is 6.43. The van der Waals surface area contributed by atoms with Crippen molar-refractivity contribution in [2.24, 2.45) is 0 Å². The molecule has 0 radical (unpaired) electrons. The molecule has 1 aromatic rings. The molecule has 14 heavy (non-hydrogen) atoms. The van der Waals surface area contributed by atoms with Gasteiger partial charge in [0.2, 0.25) is 0 Å². The molecule has 0 saturated carbocycles. The number of hydrogen-bond acceptors (Lipinski definition) is 4. The SMILES string of the molecule is O=[N+]([O-])c1cc(O)c(C(F)F)nc1Br. The number of halogens is 3. The summed E-state index contributed by atoms with van der Waals surface area (Å²) in [6.07, 6.45) is -2.98. The molecule has 0 amide bonds. The highest BCUT2D eigenvalue weighted by Crippen LogP contribution is 2.33. The average Bonchev–Trinajstić information content (AvgIpc) is 2.07. The van der Waals surface area contributed by atoms with E-state index in [1.165, 1.54) is 0 Å². The summed E-state index contributed by atoms with van der Waals surface area (Å²) in [6, 6.07) is 0.624. The summed E-state index contributed by atoms with van der Waals surface area (Å²) < 4.78 is 23.9. The highest BCUT2D eigenvalue weighted by Gasteiger charge is 2.22. The molecule has 5 nitrogen and oxygen atoms in total. The molecule has 0 unspecified atom stereocenters. The van der Waals surface area contributed by atoms with Gasteiger partial charge in [-0.2, -0.15) is 0 Å². The van der Waals surface area contributed by atoms with Crippen LogP contribution in [0.3, 0.4) is 0 Å². The van der Waals surface area contributed by atoms with Crippen molar-refractivity contribution in [1.82, 2.24) is 4.98 Å². The van der Waals surface area contributed by atoms with Crippen LogP contribution in [-0.4, -0.2) is 15.0 Å². The van der Waals surface area contributed by atoms with E-state index in [1.807, 2.05) is 0 Å². The van der Waals surface area contributed by atoms with Gasteiger partial charge in [0, 0.05) is 0 Å². The second kappa shape index (κ2) is 3.82. The van der Waals surface area contributed by atoms with Gasteiger partial charge in [-0.15, -0.1) is 0 Å². The number of nitrogens with zero attached hydrogens (tertiary/aromatic N) is 2. The summed E-state index contributed by atoms with van der Waals surface area (Å²) in [7, 11) is 0. The van der Waals surface area contributed by atoms with Crippen LogP contribution >= 0.6 is 15.9 Å². The summed E-state index contributed by atoms with van der Waals surface area (Å²) in [5, 5.41) is 19.3. The second-order valence-corrected chi connectivity index (χ2v) is 3.01. The van der Waals surface area contributed by atoms with E-state index in [0.717, 1.165) is 0 Å². The zero-order valence-corrected chi connectivity index (χ0v) is 8.03. The summed E-state index contributed by atoms with van der Waals surface area (Å²) >= 11 is 2.65. The Labute approximate surface area is 84.7 Å². The molecule has 76 valence electrons. The molecule has 0 aliphatic carbocycles. The van der Waals surface area contributed by atoms with Crippen LogP contribution in [0.2, 0.25) is 0 Å². The minimum atomic E-state index is -2.98. The van der Waals surface area contributed by atoms with Gasteiger partial charge >= 0.3 is 5.69 Å². The van der Waals surface area contributed by atoms with E-state index >= 15 is 0 Å². The predicted octanol–water partition coefficient (Wildman–Crippen LogP) is 2.40. The molecule has 1 rings (SSSR count). The Kier molecular flexibility index (Phi) is 2.94. The Morgan fingerprint density at radius 2 is 2.21 bits per heavy atom. The van der Waals surface area contributed by atoms with Crippen molar-refractivity contribution in [2.75, 3.05) is 0 Å². The molecule has 0 bridgehead atoms. The van der Waals surface area contributed by atoms with E-state index in [0.29, 0.717) is 6.07 Å². The van der Waals surface area contributed by atoms with Crippen LogP contribution in [0.5, 0.6) is 5.75 Å². The zero-order chi connectivity index (χ0) is 10.9. The number of pyridine rings is 1. The van der Waals surface area contributed by atoms with Crippen molar-refractivity contribution in [1.29, 1.82) is 0 Å². The second-order valence-electron chi connectivity index (χ2n) is 2.26. The first-order valence-corrected chi connectivity index (χ1v) is 4.04. The monoisotopic (exact) mass is 268 g/mol. The molecule has 0 atom stereocenters. The quantitative estimate of drug-likeness (QED) is 0.508. The lowest BCUT2D eigenvalue weighted by Gasteiger charge is -2.02. The number of aromatic hydroxyl groups is 1. The van der Waals surface area contributed by atoms with Gasteiger partial charge in [0.05, 0.1) is 11.0 Å². The van der Waals surface area contributed by atoms with E-state index in [4.69, 9.17) is 5.11 Å². The Hall–Kier alpha value is -1.31. The van der Waals surface area contributed by atoms with Gasteiger partial charge in [0.1, 0.15) is 11.4 Å². The topological polar surface area (TPSA) is 76.3 Å². The largest absolute Gasteiger partial charge is 0.506 e. The summed E-state index contributed by atoms with van der Waals surface area (Å²) in [6.45, 7) is 0. The van der Waals surface area contributed by atoms with Crippen molar-refractivity contribution in [3.8, 4) is 5.75 Å². The fourth-order valence-corrected chi connectivity index (χ4v) is 1.22. The Morgan fingerprint density at radius 3 is 2.64 bits per heavy atom. The van der Waals surface area contributed by atoms with Crippen molar-refractivity contribution in [3.05, 3.63) is 26.5 Å². The van der Waals surface area contributed by atoms with Crippen molar-refractivity contribution in [2.45, 2.75) is 6.43 Å². The third-order valence-corrected chi connectivity index (χ3v) is 1.95. The van der Waals surface area contributed by atoms with Crippen molar-refractivity contribution < 1.29 is 18.8 Å². The number of alkyl halides is 2. The molecule has 0 aliphatic heterocycles. The predicted molar refractivity (Wildman–Crippen MR) is 45.2 cm³/mol. The minimum absolute atomic E-state index is 0.337. The fraction of sp³-hybridized carbons (Fsp3) is 0.167. The lowest BCUT2D eigenvalue weighted by Crippen LogP contribution is -1.96. The van der Waals surface area contributed by atoms with Gasteiger partial charge in [-0.1, -0.05) is 0 Å². The number of aromatic nitrogens is 1. The summed E-state index contributed by atoms with van der Waals surface area (Å²) in [5.74, 6) is -0.894. The lowest BCUT2D eigenvalue weighted by molar-refractivity contribution is -0.386. The van der Waals surface area contributed by atoms with Crippen molar-refractivity contribution in [3.63, 3.8) is 0 Å². The van der Waals surface area contributed by atoms with E-state index in [9.17, 15) is 18.9 Å². The maximum Gasteiger partial charge on any atom is 0.305 e. The lowest BCUT2D eigenvalue weighted by atomic mass is 10.3. The third kappa shape index (κ3) is 1.95. The summed E-state index contributed by atoms with van der Waals surface area (Å²) in [5.41, 5.74) is -1.45. The molecule has 1 heterocycles. The van der Waals surface area contributed by atoms with Crippen LogP contribution < -0.4 is 0 Å². The van der Waals surface area contributed by atoms with E-state index < -0.39 is 28.5 Å². The van der Waals surface area contributed by atoms with Crippen LogP contribution in [0, 0.1) is 10.1 Å². The van der Waals surface area contributed by atoms with Gasteiger partial charge < -0.3 is 5.11 Å². The maximum absolute atomic E-state index is 12.1. The standard InChI is InChI=1S/C6H3BrF2N2O3/c7-5-2(11(13)14)1-3(12)4(10-5)6(8)9/h1,6,12H. The van der Waals surface area contributed by atoms with Gasteiger partial charge in [-0.25, -0.2) is 13.8 Å². The molecular weight excluding hydrogens is 266 g/mol. The highest BCUT2D eigenvalue weighted by molar-refractivity contribution is 9.10. The summed E-state index contributed by atoms with van der Waals surface area (Å²) in [4.78, 5) is 12.6. The average molecular weight is 269 g/mol. The molecule has 1 N–H and O–H groups in total. The molecule has 0 aromatic carbocycles. The zero-order valence-electron chi connectivity index (χ0n) is 6.45. The van der Waals surface area contributed by atoms with E-state index in [2.05, 4.69) is 20.9 Å². The van der Waals surface area contributed by atoms with Gasteiger partial charge in [-0.3, -0.25) is 10.1 Å². The molecular formula is C6H3BrF2N2O3. The Morgan fingerprint density at radius 1 is 1.64 bits per heavy atom. The molecule has 0 aliphatic rings.